The first-order valence-corrected chi connectivity index (χ1v) is 11.6. The van der Waals surface area contributed by atoms with E-state index in [2.05, 4.69) is 4.98 Å². The number of ketones is 2. The van der Waals surface area contributed by atoms with E-state index in [1.807, 2.05) is 18.7 Å². The number of carbonyl (C=O) groups is 2. The number of H-pyrrole nitrogens is 1. The second-order valence-electron chi connectivity index (χ2n) is 7.80. The van der Waals surface area contributed by atoms with Crippen molar-refractivity contribution in [3.05, 3.63) is 52.3 Å². The molecule has 0 unspecified atom stereocenters. The van der Waals surface area contributed by atoms with Crippen LogP contribution in [-0.2, 0) is 16.4 Å². The maximum Gasteiger partial charge on any atom is 0.243 e. The standard InChI is InChI=1S/C22H29N3O4S/c1-5-19-21(17(4)26)16(3)23-22(19)20(27)14-24-10-12-25(13-11-24)30(28,29)18-8-6-15(2)7-9-18/h6-9,23H,5,10-14H2,1-4H3. The Morgan fingerprint density at radius 3 is 2.17 bits per heavy atom. The highest BCUT2D eigenvalue weighted by Crippen LogP contribution is 2.22. The van der Waals surface area contributed by atoms with Crippen LogP contribution in [0.15, 0.2) is 29.2 Å². The molecule has 1 aliphatic heterocycles. The molecule has 3 rings (SSSR count). The zero-order chi connectivity index (χ0) is 22.1. The van der Waals surface area contributed by atoms with Gasteiger partial charge in [-0.15, -0.1) is 0 Å². The first-order valence-electron chi connectivity index (χ1n) is 10.2. The number of hydrogen-bond donors (Lipinski definition) is 1. The van der Waals surface area contributed by atoms with Gasteiger partial charge in [0.05, 0.1) is 17.1 Å². The fraction of sp³-hybridized carbons (Fsp3) is 0.455. The molecule has 1 saturated heterocycles. The van der Waals surface area contributed by atoms with E-state index in [0.29, 0.717) is 48.8 Å². The molecule has 1 aromatic heterocycles. The van der Waals surface area contributed by atoms with Crippen molar-refractivity contribution in [2.45, 2.75) is 39.0 Å². The third kappa shape index (κ3) is 4.40. The number of piperazine rings is 1. The Kier molecular flexibility index (Phi) is 6.59. The second-order valence-corrected chi connectivity index (χ2v) is 9.74. The highest BCUT2D eigenvalue weighted by Gasteiger charge is 2.30. The molecule has 8 heteroatoms. The lowest BCUT2D eigenvalue weighted by atomic mass is 10.0. The summed E-state index contributed by atoms with van der Waals surface area (Å²) >= 11 is 0. The molecule has 0 bridgehead atoms. The minimum atomic E-state index is -3.53. The molecule has 2 heterocycles. The van der Waals surface area contributed by atoms with Crippen LogP contribution in [0.1, 0.15) is 51.5 Å². The van der Waals surface area contributed by atoms with Crippen LogP contribution in [0.2, 0.25) is 0 Å². The average Bonchev–Trinajstić information content (AvgIpc) is 3.05. The summed E-state index contributed by atoms with van der Waals surface area (Å²) in [6, 6.07) is 6.85. The first kappa shape index (κ1) is 22.4. The van der Waals surface area contributed by atoms with E-state index in [4.69, 9.17) is 0 Å². The van der Waals surface area contributed by atoms with Crippen LogP contribution in [0.5, 0.6) is 0 Å². The van der Waals surface area contributed by atoms with Crippen LogP contribution in [0.4, 0.5) is 0 Å². The number of nitrogens with one attached hydrogen (secondary N) is 1. The zero-order valence-corrected chi connectivity index (χ0v) is 18.8. The topological polar surface area (TPSA) is 90.6 Å². The van der Waals surface area contributed by atoms with E-state index in [1.54, 1.807) is 31.2 Å². The van der Waals surface area contributed by atoms with Gasteiger partial charge in [0.25, 0.3) is 0 Å². The fourth-order valence-corrected chi connectivity index (χ4v) is 5.44. The lowest BCUT2D eigenvalue weighted by Gasteiger charge is -2.33. The maximum atomic E-state index is 12.9. The van der Waals surface area contributed by atoms with Gasteiger partial charge >= 0.3 is 0 Å². The Balaban J connectivity index is 1.66. The Labute approximate surface area is 178 Å². The van der Waals surface area contributed by atoms with Crippen molar-refractivity contribution in [2.24, 2.45) is 0 Å². The minimum Gasteiger partial charge on any atom is -0.355 e. The van der Waals surface area contributed by atoms with Gasteiger partial charge in [-0.05, 0) is 44.9 Å². The number of rotatable bonds is 7. The van der Waals surface area contributed by atoms with Crippen molar-refractivity contribution in [3.8, 4) is 0 Å². The van der Waals surface area contributed by atoms with Crippen LogP contribution >= 0.6 is 0 Å². The highest BCUT2D eigenvalue weighted by molar-refractivity contribution is 7.89. The van der Waals surface area contributed by atoms with Crippen molar-refractivity contribution in [2.75, 3.05) is 32.7 Å². The molecule has 1 N–H and O–H groups in total. The minimum absolute atomic E-state index is 0.0467. The third-order valence-corrected chi connectivity index (χ3v) is 7.55. The molecular weight excluding hydrogens is 402 g/mol. The number of aromatic amines is 1. The van der Waals surface area contributed by atoms with Gasteiger partial charge in [-0.3, -0.25) is 14.5 Å². The van der Waals surface area contributed by atoms with Crippen molar-refractivity contribution < 1.29 is 18.0 Å². The number of benzene rings is 1. The molecular formula is C22H29N3O4S. The van der Waals surface area contributed by atoms with Gasteiger partial charge in [0, 0.05) is 37.4 Å². The number of hydrogen-bond acceptors (Lipinski definition) is 5. The molecule has 162 valence electrons. The highest BCUT2D eigenvalue weighted by atomic mass is 32.2. The number of Topliss-reactive ketones (excluding diaryl/α,β-unsaturated/α-hetero) is 2. The van der Waals surface area contributed by atoms with Crippen molar-refractivity contribution >= 4 is 21.6 Å². The molecule has 0 atom stereocenters. The molecule has 0 amide bonds. The van der Waals surface area contributed by atoms with Crippen LogP contribution in [0, 0.1) is 13.8 Å². The van der Waals surface area contributed by atoms with Gasteiger partial charge in [0.1, 0.15) is 0 Å². The van der Waals surface area contributed by atoms with Crippen LogP contribution in [0.3, 0.4) is 0 Å². The maximum absolute atomic E-state index is 12.9. The summed E-state index contributed by atoms with van der Waals surface area (Å²) in [7, 11) is -3.53. The van der Waals surface area contributed by atoms with Gasteiger partial charge in [-0.1, -0.05) is 24.6 Å². The van der Waals surface area contributed by atoms with E-state index in [1.165, 1.54) is 11.2 Å². The smallest absolute Gasteiger partial charge is 0.243 e. The summed E-state index contributed by atoms with van der Waals surface area (Å²) < 4.78 is 27.2. The van der Waals surface area contributed by atoms with Crippen LogP contribution < -0.4 is 0 Å². The molecule has 1 aromatic carbocycles. The van der Waals surface area contributed by atoms with E-state index < -0.39 is 10.0 Å². The van der Waals surface area contributed by atoms with Crippen molar-refractivity contribution in [3.63, 3.8) is 0 Å². The molecule has 1 fully saturated rings. The average molecular weight is 432 g/mol. The lowest BCUT2D eigenvalue weighted by molar-refractivity contribution is 0.0896. The van der Waals surface area contributed by atoms with Gasteiger partial charge in [0.15, 0.2) is 11.6 Å². The number of sulfonamides is 1. The molecule has 0 spiro atoms. The van der Waals surface area contributed by atoms with E-state index in [-0.39, 0.29) is 18.1 Å². The Bertz CT molecular complexity index is 1050. The third-order valence-electron chi connectivity index (χ3n) is 5.63. The molecule has 0 radical (unpaired) electrons. The summed E-state index contributed by atoms with van der Waals surface area (Å²) in [4.78, 5) is 30.2. The number of aromatic nitrogens is 1. The Morgan fingerprint density at radius 2 is 1.63 bits per heavy atom. The predicted molar refractivity (Wildman–Crippen MR) is 116 cm³/mol. The zero-order valence-electron chi connectivity index (χ0n) is 18.0. The molecule has 0 aliphatic carbocycles. The van der Waals surface area contributed by atoms with E-state index in [9.17, 15) is 18.0 Å². The summed E-state index contributed by atoms with van der Waals surface area (Å²) in [5.41, 5.74) is 3.60. The molecule has 7 nitrogen and oxygen atoms in total. The van der Waals surface area contributed by atoms with E-state index in [0.717, 1.165) is 16.8 Å². The molecule has 30 heavy (non-hydrogen) atoms. The number of carbonyl (C=O) groups excluding carboxylic acids is 2. The normalized spacial score (nSPS) is 16.0. The SMILES string of the molecule is CCc1c(C(=O)CN2CCN(S(=O)(=O)c3ccc(C)cc3)CC2)[nH]c(C)c1C(C)=O. The lowest BCUT2D eigenvalue weighted by Crippen LogP contribution is -2.49. The van der Waals surface area contributed by atoms with Crippen LogP contribution in [0.25, 0.3) is 0 Å². The summed E-state index contributed by atoms with van der Waals surface area (Å²) in [5, 5.41) is 0. The Hall–Kier alpha value is -2.29. The molecule has 1 aliphatic rings. The first-order chi connectivity index (χ1) is 14.1. The van der Waals surface area contributed by atoms with Gasteiger partial charge in [0.2, 0.25) is 10.0 Å². The summed E-state index contributed by atoms with van der Waals surface area (Å²) in [6.07, 6.45) is 0.600. The van der Waals surface area contributed by atoms with Gasteiger partial charge in [-0.2, -0.15) is 4.31 Å². The molecule has 0 saturated carbocycles. The second kappa shape index (κ2) is 8.83. The van der Waals surface area contributed by atoms with Crippen molar-refractivity contribution in [1.29, 1.82) is 0 Å². The summed E-state index contributed by atoms with van der Waals surface area (Å²) in [5.74, 6) is -0.119. The quantitative estimate of drug-likeness (QED) is 0.681. The van der Waals surface area contributed by atoms with Crippen LogP contribution in [-0.4, -0.2) is 66.9 Å². The number of aryl methyl sites for hydroxylation is 2. The van der Waals surface area contributed by atoms with Gasteiger partial charge in [-0.25, -0.2) is 8.42 Å². The number of nitrogens with zero attached hydrogens (tertiary/aromatic N) is 2. The largest absolute Gasteiger partial charge is 0.355 e. The fourth-order valence-electron chi connectivity index (χ4n) is 4.01. The summed E-state index contributed by atoms with van der Waals surface area (Å²) in [6.45, 7) is 9.01. The van der Waals surface area contributed by atoms with Crippen molar-refractivity contribution in [1.82, 2.24) is 14.2 Å². The Morgan fingerprint density at radius 1 is 1.03 bits per heavy atom. The van der Waals surface area contributed by atoms with Gasteiger partial charge < -0.3 is 4.98 Å². The molecule has 2 aromatic rings. The predicted octanol–water partition coefficient (Wildman–Crippen LogP) is 2.59. The monoisotopic (exact) mass is 431 g/mol. The van der Waals surface area contributed by atoms with E-state index >= 15 is 0 Å².